The van der Waals surface area contributed by atoms with Crippen molar-refractivity contribution in [1.82, 2.24) is 29.8 Å². The highest BCUT2D eigenvalue weighted by Crippen LogP contribution is 2.35. The molecule has 25 heavy (non-hydrogen) atoms. The molecule has 1 atom stereocenters. The quantitative estimate of drug-likeness (QED) is 0.772. The van der Waals surface area contributed by atoms with Crippen molar-refractivity contribution in [2.75, 3.05) is 13.1 Å². The van der Waals surface area contributed by atoms with Crippen LogP contribution in [0.4, 0.5) is 0 Å². The van der Waals surface area contributed by atoms with E-state index in [1.165, 1.54) is 11.5 Å². The van der Waals surface area contributed by atoms with Gasteiger partial charge in [0.25, 0.3) is 5.91 Å². The highest BCUT2D eigenvalue weighted by atomic mass is 32.1. The van der Waals surface area contributed by atoms with Crippen molar-refractivity contribution in [3.8, 4) is 10.6 Å². The topological polar surface area (TPSA) is 101 Å². The number of rotatable bonds is 3. The molecule has 3 aromatic rings. The highest BCUT2D eigenvalue weighted by Gasteiger charge is 2.31. The van der Waals surface area contributed by atoms with Crippen molar-refractivity contribution < 1.29 is 9.32 Å². The first kappa shape index (κ1) is 15.9. The summed E-state index contributed by atoms with van der Waals surface area (Å²) in [5.41, 5.74) is 3.14. The lowest BCUT2D eigenvalue weighted by molar-refractivity contribution is 0.0705. The molecule has 0 saturated carbocycles. The third kappa shape index (κ3) is 2.95. The second-order valence-electron chi connectivity index (χ2n) is 6.32. The number of carbonyl (C=O) groups is 1. The molecule has 8 nitrogen and oxygen atoms in total. The Morgan fingerprint density at radius 2 is 2.32 bits per heavy atom. The molecular formula is C16H18N6O2S. The van der Waals surface area contributed by atoms with Crippen molar-refractivity contribution in [2.24, 2.45) is 0 Å². The number of carbonyl (C=O) groups excluding carboxylic acids is 1. The summed E-state index contributed by atoms with van der Waals surface area (Å²) in [6, 6.07) is 1.89. The Balaban J connectivity index is 1.57. The van der Waals surface area contributed by atoms with Gasteiger partial charge in [-0.2, -0.15) is 5.10 Å². The molecule has 9 heteroatoms. The van der Waals surface area contributed by atoms with E-state index in [0.717, 1.165) is 41.3 Å². The van der Waals surface area contributed by atoms with Crippen LogP contribution < -0.4 is 0 Å². The summed E-state index contributed by atoms with van der Waals surface area (Å²) >= 11 is 1.31. The Labute approximate surface area is 148 Å². The molecular weight excluding hydrogens is 340 g/mol. The predicted octanol–water partition coefficient (Wildman–Crippen LogP) is 2.55. The van der Waals surface area contributed by atoms with Crippen LogP contribution in [0, 0.1) is 13.8 Å². The van der Waals surface area contributed by atoms with Gasteiger partial charge in [0.05, 0.1) is 23.1 Å². The van der Waals surface area contributed by atoms with Gasteiger partial charge in [-0.05, 0) is 38.2 Å². The lowest BCUT2D eigenvalue weighted by Gasteiger charge is -2.32. The first-order valence-corrected chi connectivity index (χ1v) is 8.96. The van der Waals surface area contributed by atoms with Crippen molar-refractivity contribution >= 4 is 17.4 Å². The lowest BCUT2D eigenvalue weighted by Crippen LogP contribution is -2.39. The summed E-state index contributed by atoms with van der Waals surface area (Å²) in [5, 5.41) is 15.0. The Morgan fingerprint density at radius 3 is 3.04 bits per heavy atom. The smallest absolute Gasteiger partial charge is 0.257 e. The molecule has 1 saturated heterocycles. The number of hydrogen-bond donors (Lipinski definition) is 1. The van der Waals surface area contributed by atoms with E-state index in [-0.39, 0.29) is 11.8 Å². The van der Waals surface area contributed by atoms with Crippen LogP contribution in [-0.4, -0.2) is 48.8 Å². The summed E-state index contributed by atoms with van der Waals surface area (Å²) in [5.74, 6) is 0.844. The van der Waals surface area contributed by atoms with E-state index in [1.807, 2.05) is 24.8 Å². The predicted molar refractivity (Wildman–Crippen MR) is 91.3 cm³/mol. The van der Waals surface area contributed by atoms with E-state index in [2.05, 4.69) is 24.9 Å². The van der Waals surface area contributed by atoms with Crippen LogP contribution in [0.1, 0.15) is 46.2 Å². The second kappa shape index (κ2) is 6.40. The van der Waals surface area contributed by atoms with Gasteiger partial charge in [0.1, 0.15) is 4.88 Å². The third-order valence-corrected chi connectivity index (χ3v) is 5.28. The van der Waals surface area contributed by atoms with Crippen LogP contribution in [0.3, 0.4) is 0 Å². The maximum absolute atomic E-state index is 12.8. The van der Waals surface area contributed by atoms with Gasteiger partial charge >= 0.3 is 0 Å². The minimum Gasteiger partial charge on any atom is -0.355 e. The number of hydrogen-bond acceptors (Lipinski definition) is 7. The van der Waals surface area contributed by atoms with Crippen LogP contribution in [0.15, 0.2) is 16.8 Å². The van der Waals surface area contributed by atoms with Gasteiger partial charge in [-0.25, -0.2) is 0 Å². The number of likely N-dealkylation sites (tertiary alicyclic amines) is 1. The van der Waals surface area contributed by atoms with Crippen molar-refractivity contribution in [1.29, 1.82) is 0 Å². The number of aromatic nitrogens is 5. The van der Waals surface area contributed by atoms with Crippen molar-refractivity contribution in [3.05, 3.63) is 34.9 Å². The van der Waals surface area contributed by atoms with E-state index in [9.17, 15) is 4.79 Å². The molecule has 1 amide bonds. The van der Waals surface area contributed by atoms with Crippen LogP contribution >= 0.6 is 11.5 Å². The van der Waals surface area contributed by atoms with E-state index in [1.54, 1.807) is 6.20 Å². The first-order valence-electron chi connectivity index (χ1n) is 8.18. The zero-order valence-electron chi connectivity index (χ0n) is 14.0. The molecule has 4 rings (SSSR count). The SMILES string of the molecule is Cc1cc(-c2snnc2[C@H]2CCCN(C(=O)c3cn[nH]c3C)C2)on1. The standard InChI is InChI=1S/C16H18N6O2S/c1-9-6-13(24-20-9)15-14(19-21-25-15)11-4-3-5-22(8-11)16(23)12-7-17-18-10(12)2/h6-7,11H,3-5,8H2,1-2H3,(H,17,18)/t11-/m0/s1. The Bertz CT molecular complexity index is 898. The maximum Gasteiger partial charge on any atom is 0.257 e. The van der Waals surface area contributed by atoms with Gasteiger partial charge in [-0.15, -0.1) is 5.10 Å². The summed E-state index contributed by atoms with van der Waals surface area (Å²) in [6.45, 7) is 5.11. The van der Waals surface area contributed by atoms with Gasteiger partial charge in [-0.3, -0.25) is 9.89 Å². The Hall–Kier alpha value is -2.55. The number of aryl methyl sites for hydroxylation is 2. The molecule has 0 aliphatic carbocycles. The molecule has 4 heterocycles. The Kier molecular flexibility index (Phi) is 4.08. The summed E-state index contributed by atoms with van der Waals surface area (Å²) < 4.78 is 9.48. The third-order valence-electron chi connectivity index (χ3n) is 4.52. The van der Waals surface area contributed by atoms with Gasteiger partial charge in [0.2, 0.25) is 0 Å². The number of nitrogens with zero attached hydrogens (tertiary/aromatic N) is 5. The van der Waals surface area contributed by atoms with Crippen molar-refractivity contribution in [2.45, 2.75) is 32.6 Å². The molecule has 0 unspecified atom stereocenters. The fourth-order valence-corrected chi connectivity index (χ4v) is 3.93. The number of piperidine rings is 1. The van der Waals surface area contributed by atoms with Crippen LogP contribution in [-0.2, 0) is 0 Å². The average molecular weight is 358 g/mol. The van der Waals surface area contributed by atoms with Gasteiger partial charge < -0.3 is 9.42 Å². The fraction of sp³-hybridized carbons (Fsp3) is 0.438. The molecule has 1 aliphatic rings. The Morgan fingerprint density at radius 1 is 1.44 bits per heavy atom. The monoisotopic (exact) mass is 358 g/mol. The normalized spacial score (nSPS) is 17.8. The van der Waals surface area contributed by atoms with Crippen molar-refractivity contribution in [3.63, 3.8) is 0 Å². The fourth-order valence-electron chi connectivity index (χ4n) is 3.23. The number of nitrogens with one attached hydrogen (secondary N) is 1. The second-order valence-corrected chi connectivity index (χ2v) is 7.07. The highest BCUT2D eigenvalue weighted by molar-refractivity contribution is 7.09. The van der Waals surface area contributed by atoms with Crippen LogP contribution in [0.25, 0.3) is 10.6 Å². The molecule has 0 bridgehead atoms. The molecule has 1 fully saturated rings. The summed E-state index contributed by atoms with van der Waals surface area (Å²) in [7, 11) is 0. The van der Waals surface area contributed by atoms with Gasteiger partial charge in [-0.1, -0.05) is 9.64 Å². The van der Waals surface area contributed by atoms with Gasteiger partial charge in [0.15, 0.2) is 5.76 Å². The number of H-pyrrole nitrogens is 1. The first-order chi connectivity index (χ1) is 12.1. The van der Waals surface area contributed by atoms with Gasteiger partial charge in [0, 0.05) is 30.8 Å². The molecule has 0 aromatic carbocycles. The molecule has 0 radical (unpaired) electrons. The number of aromatic amines is 1. The summed E-state index contributed by atoms with van der Waals surface area (Å²) in [4.78, 5) is 15.5. The van der Waals surface area contributed by atoms with E-state index in [4.69, 9.17) is 4.52 Å². The van der Waals surface area contributed by atoms with E-state index in [0.29, 0.717) is 17.9 Å². The van der Waals surface area contributed by atoms with Crippen LogP contribution in [0.5, 0.6) is 0 Å². The number of amides is 1. The molecule has 0 spiro atoms. The van der Waals surface area contributed by atoms with Crippen LogP contribution in [0.2, 0.25) is 0 Å². The minimum atomic E-state index is 0.0104. The zero-order chi connectivity index (χ0) is 17.4. The molecule has 130 valence electrons. The molecule has 3 aromatic heterocycles. The largest absolute Gasteiger partial charge is 0.355 e. The maximum atomic E-state index is 12.8. The minimum absolute atomic E-state index is 0.0104. The summed E-state index contributed by atoms with van der Waals surface area (Å²) in [6.07, 6.45) is 3.49. The zero-order valence-corrected chi connectivity index (χ0v) is 14.8. The molecule has 1 N–H and O–H groups in total. The van der Waals surface area contributed by atoms with E-state index < -0.39 is 0 Å². The van der Waals surface area contributed by atoms with E-state index >= 15 is 0 Å². The molecule has 1 aliphatic heterocycles. The lowest BCUT2D eigenvalue weighted by atomic mass is 9.93. The average Bonchev–Trinajstić information content (AvgIpc) is 3.34.